The maximum absolute atomic E-state index is 12.4. The smallest absolute Gasteiger partial charge is 0.265 e. The van der Waals surface area contributed by atoms with Crippen molar-refractivity contribution >= 4 is 11.6 Å². The van der Waals surface area contributed by atoms with Gasteiger partial charge in [-0.25, -0.2) is 0 Å². The molecule has 138 valence electrons. The lowest BCUT2D eigenvalue weighted by atomic mass is 10.2. The molecule has 0 radical (unpaired) electrons. The third-order valence-corrected chi connectivity index (χ3v) is 3.83. The second kappa shape index (κ2) is 8.76. The van der Waals surface area contributed by atoms with Crippen LogP contribution in [0.5, 0.6) is 23.0 Å². The average Bonchev–Trinajstić information content (AvgIpc) is 2.69. The Hall–Kier alpha value is -3.47. The second-order valence-corrected chi connectivity index (χ2v) is 5.84. The van der Waals surface area contributed by atoms with Crippen molar-refractivity contribution in [1.82, 2.24) is 0 Å². The Kier molecular flexibility index (Phi) is 5.94. The fourth-order valence-electron chi connectivity index (χ4n) is 2.48. The molecule has 5 nitrogen and oxygen atoms in total. The minimum Gasteiger partial charge on any atom is -0.495 e. The molecule has 1 amide bonds. The van der Waals surface area contributed by atoms with Crippen molar-refractivity contribution in [3.05, 3.63) is 78.9 Å². The van der Waals surface area contributed by atoms with Gasteiger partial charge in [-0.3, -0.25) is 4.79 Å². The summed E-state index contributed by atoms with van der Waals surface area (Å²) in [5.41, 5.74) is 0.599. The highest BCUT2D eigenvalue weighted by Crippen LogP contribution is 2.26. The monoisotopic (exact) mass is 363 g/mol. The van der Waals surface area contributed by atoms with Crippen molar-refractivity contribution in [2.75, 3.05) is 12.4 Å². The highest BCUT2D eigenvalue weighted by molar-refractivity contribution is 5.95. The maximum Gasteiger partial charge on any atom is 0.265 e. The molecule has 0 aliphatic heterocycles. The van der Waals surface area contributed by atoms with Gasteiger partial charge in [0.15, 0.2) is 6.10 Å². The molecule has 3 aromatic carbocycles. The minimum atomic E-state index is -0.693. The lowest BCUT2D eigenvalue weighted by Crippen LogP contribution is -2.30. The predicted octanol–water partition coefficient (Wildman–Crippen LogP) is 4.89. The normalized spacial score (nSPS) is 11.3. The molecule has 0 spiro atoms. The van der Waals surface area contributed by atoms with E-state index in [2.05, 4.69) is 5.32 Å². The first-order valence-electron chi connectivity index (χ1n) is 8.59. The zero-order chi connectivity index (χ0) is 19.1. The van der Waals surface area contributed by atoms with Gasteiger partial charge in [0.2, 0.25) is 0 Å². The van der Waals surface area contributed by atoms with Crippen molar-refractivity contribution in [3.63, 3.8) is 0 Å². The van der Waals surface area contributed by atoms with Crippen molar-refractivity contribution in [1.29, 1.82) is 0 Å². The number of amides is 1. The number of methoxy groups -OCH3 is 1. The summed E-state index contributed by atoms with van der Waals surface area (Å²) in [6, 6.07) is 23.9. The van der Waals surface area contributed by atoms with E-state index >= 15 is 0 Å². The molecule has 0 aliphatic carbocycles. The van der Waals surface area contributed by atoms with Crippen molar-refractivity contribution in [2.24, 2.45) is 0 Å². The topological polar surface area (TPSA) is 56.8 Å². The van der Waals surface area contributed by atoms with Gasteiger partial charge in [-0.2, -0.15) is 0 Å². The van der Waals surface area contributed by atoms with E-state index in [9.17, 15) is 4.79 Å². The van der Waals surface area contributed by atoms with Gasteiger partial charge in [0, 0.05) is 6.07 Å². The standard InChI is InChI=1S/C22H21NO4/c1-16(22(24)23-20-13-6-7-14-21(20)25-2)26-18-11-8-12-19(15-18)27-17-9-4-3-5-10-17/h3-16H,1-2H3,(H,23,24)/t16-/m1/s1. The summed E-state index contributed by atoms with van der Waals surface area (Å²) in [5, 5.41) is 2.82. The number of hydrogen-bond acceptors (Lipinski definition) is 4. The van der Waals surface area contributed by atoms with Gasteiger partial charge in [-0.15, -0.1) is 0 Å². The van der Waals surface area contributed by atoms with Crippen LogP contribution in [-0.4, -0.2) is 19.1 Å². The molecule has 0 aliphatic rings. The summed E-state index contributed by atoms with van der Waals surface area (Å²) in [5.74, 6) is 2.24. The zero-order valence-electron chi connectivity index (χ0n) is 15.2. The first kappa shape index (κ1) is 18.3. The highest BCUT2D eigenvalue weighted by atomic mass is 16.5. The number of rotatable bonds is 7. The zero-order valence-corrected chi connectivity index (χ0v) is 15.2. The SMILES string of the molecule is COc1ccccc1NC(=O)[C@@H](C)Oc1cccc(Oc2ccccc2)c1. The Bertz CT molecular complexity index is 896. The minimum absolute atomic E-state index is 0.270. The third kappa shape index (κ3) is 5.01. The summed E-state index contributed by atoms with van der Waals surface area (Å²) in [7, 11) is 1.56. The largest absolute Gasteiger partial charge is 0.495 e. The number of carbonyl (C=O) groups is 1. The molecule has 0 aromatic heterocycles. The number of para-hydroxylation sites is 3. The van der Waals surface area contributed by atoms with Crippen molar-refractivity contribution < 1.29 is 19.0 Å². The maximum atomic E-state index is 12.4. The van der Waals surface area contributed by atoms with E-state index in [-0.39, 0.29) is 5.91 Å². The quantitative estimate of drug-likeness (QED) is 0.649. The number of carbonyl (C=O) groups excluding carboxylic acids is 1. The van der Waals surface area contributed by atoms with Crippen molar-refractivity contribution in [3.8, 4) is 23.0 Å². The Morgan fingerprint density at radius 3 is 2.30 bits per heavy atom. The molecule has 27 heavy (non-hydrogen) atoms. The predicted molar refractivity (Wildman–Crippen MR) is 105 cm³/mol. The van der Waals surface area contributed by atoms with Crippen LogP contribution < -0.4 is 19.5 Å². The van der Waals surface area contributed by atoms with E-state index in [0.29, 0.717) is 22.9 Å². The number of anilines is 1. The molecule has 0 fully saturated rings. The van der Waals surface area contributed by atoms with E-state index in [1.54, 1.807) is 38.3 Å². The number of benzene rings is 3. The number of nitrogens with one attached hydrogen (secondary N) is 1. The van der Waals surface area contributed by atoms with Crippen LogP contribution in [0.25, 0.3) is 0 Å². The van der Waals surface area contributed by atoms with Gasteiger partial charge in [0.05, 0.1) is 12.8 Å². The van der Waals surface area contributed by atoms with E-state index in [4.69, 9.17) is 14.2 Å². The van der Waals surface area contributed by atoms with Gasteiger partial charge < -0.3 is 19.5 Å². The first-order valence-corrected chi connectivity index (χ1v) is 8.59. The van der Waals surface area contributed by atoms with Crippen LogP contribution in [0.4, 0.5) is 5.69 Å². The highest BCUT2D eigenvalue weighted by Gasteiger charge is 2.16. The molecule has 0 unspecified atom stereocenters. The Morgan fingerprint density at radius 1 is 0.852 bits per heavy atom. The molecule has 3 rings (SSSR count). The van der Waals surface area contributed by atoms with Crippen LogP contribution in [0, 0.1) is 0 Å². The summed E-state index contributed by atoms with van der Waals surface area (Å²) >= 11 is 0. The molecule has 1 N–H and O–H groups in total. The third-order valence-electron chi connectivity index (χ3n) is 3.83. The summed E-state index contributed by atoms with van der Waals surface area (Å²) in [6.07, 6.45) is -0.693. The lowest BCUT2D eigenvalue weighted by Gasteiger charge is -2.16. The molecule has 1 atom stereocenters. The van der Waals surface area contributed by atoms with E-state index in [0.717, 1.165) is 5.75 Å². The van der Waals surface area contributed by atoms with E-state index in [1.165, 1.54) is 0 Å². The van der Waals surface area contributed by atoms with Gasteiger partial charge in [-0.1, -0.05) is 36.4 Å². The molecule has 0 bridgehead atoms. The number of hydrogen-bond donors (Lipinski definition) is 1. The number of ether oxygens (including phenoxy) is 3. The fourth-order valence-corrected chi connectivity index (χ4v) is 2.48. The summed E-state index contributed by atoms with van der Waals surface area (Å²) < 4.78 is 16.8. The Labute approximate surface area is 158 Å². The molecule has 3 aromatic rings. The van der Waals surface area contributed by atoms with Crippen molar-refractivity contribution in [2.45, 2.75) is 13.0 Å². The van der Waals surface area contributed by atoms with Crippen LogP contribution in [0.1, 0.15) is 6.92 Å². The Morgan fingerprint density at radius 2 is 1.52 bits per heavy atom. The first-order chi connectivity index (χ1) is 13.2. The van der Waals surface area contributed by atoms with E-state index in [1.807, 2.05) is 54.6 Å². The van der Waals surface area contributed by atoms with Gasteiger partial charge in [-0.05, 0) is 43.3 Å². The lowest BCUT2D eigenvalue weighted by molar-refractivity contribution is -0.122. The molecule has 5 heteroatoms. The van der Waals surface area contributed by atoms with Crippen LogP contribution >= 0.6 is 0 Å². The molecular weight excluding hydrogens is 342 g/mol. The van der Waals surface area contributed by atoms with Crippen LogP contribution in [0.3, 0.4) is 0 Å². The Balaban J connectivity index is 1.64. The molecular formula is C22H21NO4. The molecule has 0 saturated heterocycles. The van der Waals surface area contributed by atoms with Crippen LogP contribution in [-0.2, 0) is 4.79 Å². The van der Waals surface area contributed by atoms with Gasteiger partial charge >= 0.3 is 0 Å². The van der Waals surface area contributed by atoms with Gasteiger partial charge in [0.25, 0.3) is 5.91 Å². The average molecular weight is 363 g/mol. The van der Waals surface area contributed by atoms with Crippen LogP contribution in [0.15, 0.2) is 78.9 Å². The summed E-state index contributed by atoms with van der Waals surface area (Å²) in [6.45, 7) is 1.69. The van der Waals surface area contributed by atoms with E-state index < -0.39 is 6.10 Å². The second-order valence-electron chi connectivity index (χ2n) is 5.84. The summed E-state index contributed by atoms with van der Waals surface area (Å²) in [4.78, 5) is 12.4. The fraction of sp³-hybridized carbons (Fsp3) is 0.136. The molecule has 0 heterocycles. The van der Waals surface area contributed by atoms with Crippen LogP contribution in [0.2, 0.25) is 0 Å². The molecule has 0 saturated carbocycles. The van der Waals surface area contributed by atoms with Gasteiger partial charge in [0.1, 0.15) is 23.0 Å².